The highest BCUT2D eigenvalue weighted by Crippen LogP contribution is 2.54. The Morgan fingerprint density at radius 3 is 2.27 bits per heavy atom. The summed E-state index contributed by atoms with van der Waals surface area (Å²) in [7, 11) is 6.74. The van der Waals surface area contributed by atoms with Crippen molar-refractivity contribution in [3.8, 4) is 16.9 Å². The predicted octanol–water partition coefficient (Wildman–Crippen LogP) is 3.16. The number of phenolic OH excluding ortho intramolecular Hbond substituents is 1. The van der Waals surface area contributed by atoms with Gasteiger partial charge < -0.3 is 31.1 Å². The van der Waals surface area contributed by atoms with Crippen LogP contribution in [0.3, 0.4) is 0 Å². The number of phenols is 1. The van der Waals surface area contributed by atoms with Crippen LogP contribution in [0.1, 0.15) is 22.3 Å². The van der Waals surface area contributed by atoms with Gasteiger partial charge in [0, 0.05) is 36.8 Å². The fourth-order valence-electron chi connectivity index (χ4n) is 6.58. The molecule has 12 heteroatoms. The minimum Gasteiger partial charge on any atom is -0.510 e. The Kier molecular flexibility index (Phi) is 6.89. The van der Waals surface area contributed by atoms with Gasteiger partial charge in [0.25, 0.3) is 5.91 Å². The number of hydrogen-bond donors (Lipinski definition) is 5. The highest BCUT2D eigenvalue weighted by molar-refractivity contribution is 6.42. The fourth-order valence-corrected chi connectivity index (χ4v) is 6.88. The van der Waals surface area contributed by atoms with Crippen LogP contribution in [0.2, 0.25) is 10.0 Å². The van der Waals surface area contributed by atoms with Gasteiger partial charge in [0.05, 0.1) is 21.7 Å². The number of hydrogen-bond acceptors (Lipinski definition) is 9. The van der Waals surface area contributed by atoms with E-state index in [1.807, 2.05) is 0 Å². The topological polar surface area (TPSA) is 165 Å². The number of nitrogens with zero attached hydrogens (tertiary/aromatic N) is 2. The summed E-state index contributed by atoms with van der Waals surface area (Å²) >= 11 is 12.3. The molecule has 0 fully saturated rings. The summed E-state index contributed by atoms with van der Waals surface area (Å²) in [6.07, 6.45) is 0.186. The molecular weight excluding hydrogens is 573 g/mol. The number of Topliss-reactive ketones (excluding diaryl/α,β-unsaturated/α-hetero) is 2. The standard InChI is InChI=1S/C29H29Cl2N3O7/c1-33(2)18-10-13(11-5-6-16(30)17(31)9-11)23(35)20-14(18)7-12-8-15-22(34(3)4)25(37)21(28(32)40)27(39)29(15,41)26(38)19(12)24(20)36/h5-6,9-10,12,15,22,35,37-38,41H,7-8H2,1-4H3,(H2,32,40)/t12-,15-,22-,29-/m0/s1. The summed E-state index contributed by atoms with van der Waals surface area (Å²) in [5, 5.41) is 46.2. The van der Waals surface area contributed by atoms with Crippen LogP contribution in [0.15, 0.2) is 46.9 Å². The molecule has 0 aromatic heterocycles. The Hall–Kier alpha value is -3.57. The Morgan fingerprint density at radius 1 is 1.05 bits per heavy atom. The molecule has 216 valence electrons. The van der Waals surface area contributed by atoms with Gasteiger partial charge in [-0.15, -0.1) is 0 Å². The van der Waals surface area contributed by atoms with Crippen LogP contribution in [0.5, 0.6) is 5.75 Å². The lowest BCUT2D eigenvalue weighted by atomic mass is 9.58. The van der Waals surface area contributed by atoms with Crippen molar-refractivity contribution < 1.29 is 34.8 Å². The Balaban J connectivity index is 1.76. The van der Waals surface area contributed by atoms with Gasteiger partial charge in [0.2, 0.25) is 5.78 Å². The molecule has 10 nitrogen and oxygen atoms in total. The molecule has 0 aliphatic heterocycles. The quantitative estimate of drug-likeness (QED) is 0.331. The Bertz CT molecular complexity index is 1610. The number of amides is 1. The average molecular weight is 602 g/mol. The van der Waals surface area contributed by atoms with Crippen molar-refractivity contribution >= 4 is 46.4 Å². The number of aliphatic hydroxyl groups excluding tert-OH is 2. The molecule has 0 bridgehead atoms. The van der Waals surface area contributed by atoms with E-state index < -0.39 is 58.0 Å². The van der Waals surface area contributed by atoms with E-state index in [9.17, 15) is 34.8 Å². The molecule has 5 rings (SSSR count). The molecule has 2 aromatic rings. The molecular formula is C29H29Cl2N3O7. The third-order valence-corrected chi connectivity index (χ3v) is 9.15. The normalized spacial score (nSPS) is 25.7. The van der Waals surface area contributed by atoms with Crippen LogP contribution in [0.4, 0.5) is 5.69 Å². The van der Waals surface area contributed by atoms with Gasteiger partial charge in [-0.1, -0.05) is 29.3 Å². The average Bonchev–Trinajstić information content (AvgIpc) is 2.87. The highest BCUT2D eigenvalue weighted by atomic mass is 35.5. The second-order valence-corrected chi connectivity index (χ2v) is 11.9. The fraction of sp³-hybridized carbons (Fsp3) is 0.345. The van der Waals surface area contributed by atoms with E-state index in [-0.39, 0.29) is 40.3 Å². The van der Waals surface area contributed by atoms with Gasteiger partial charge in [0.1, 0.15) is 22.8 Å². The number of aliphatic hydroxyl groups is 3. The number of primary amides is 1. The lowest BCUT2D eigenvalue weighted by Gasteiger charge is -2.50. The number of fused-ring (bicyclic) bond motifs is 3. The van der Waals surface area contributed by atoms with Crippen LogP contribution in [-0.2, 0) is 16.0 Å². The van der Waals surface area contributed by atoms with Gasteiger partial charge in [-0.05, 0) is 62.2 Å². The molecule has 0 saturated heterocycles. The molecule has 3 aliphatic rings. The van der Waals surface area contributed by atoms with Gasteiger partial charge in [0.15, 0.2) is 11.4 Å². The largest absolute Gasteiger partial charge is 0.510 e. The number of halogens is 2. The third kappa shape index (κ3) is 4.04. The van der Waals surface area contributed by atoms with E-state index in [1.54, 1.807) is 57.4 Å². The first-order valence-corrected chi connectivity index (χ1v) is 13.5. The molecule has 4 atom stereocenters. The summed E-state index contributed by atoms with van der Waals surface area (Å²) < 4.78 is 0. The van der Waals surface area contributed by atoms with E-state index in [4.69, 9.17) is 28.9 Å². The monoisotopic (exact) mass is 601 g/mol. The lowest BCUT2D eigenvalue weighted by molar-refractivity contribution is -0.148. The zero-order valence-electron chi connectivity index (χ0n) is 22.7. The van der Waals surface area contributed by atoms with E-state index in [0.717, 1.165) is 0 Å². The SMILES string of the molecule is CN(C)c1cc(-c2ccc(Cl)c(Cl)c2)c(O)c2c1C[C@H]1C[C@H]3[C@H](N(C)C)C(O)=C(C(N)=O)C(=O)[C@@]3(O)C(O)=C1C2=O. The lowest BCUT2D eigenvalue weighted by Crippen LogP contribution is -2.63. The van der Waals surface area contributed by atoms with Gasteiger partial charge in [-0.2, -0.15) is 0 Å². The first-order chi connectivity index (χ1) is 19.1. The summed E-state index contributed by atoms with van der Waals surface area (Å²) in [5.74, 6) is -6.98. The van der Waals surface area contributed by atoms with Crippen molar-refractivity contribution in [3.05, 3.63) is 68.1 Å². The zero-order valence-corrected chi connectivity index (χ0v) is 24.2. The first-order valence-electron chi connectivity index (χ1n) is 12.8. The maximum absolute atomic E-state index is 14.2. The number of ketones is 2. The summed E-state index contributed by atoms with van der Waals surface area (Å²) in [4.78, 5) is 43.1. The van der Waals surface area contributed by atoms with Gasteiger partial charge in [-0.3, -0.25) is 19.3 Å². The van der Waals surface area contributed by atoms with Crippen molar-refractivity contribution in [2.75, 3.05) is 33.1 Å². The number of aromatic hydroxyl groups is 1. The van der Waals surface area contributed by atoms with E-state index >= 15 is 0 Å². The van der Waals surface area contributed by atoms with Crippen LogP contribution in [0.25, 0.3) is 11.1 Å². The number of benzene rings is 2. The molecule has 0 unspecified atom stereocenters. The molecule has 0 spiro atoms. The molecule has 1 amide bonds. The van der Waals surface area contributed by atoms with E-state index in [2.05, 4.69) is 0 Å². The maximum atomic E-state index is 14.2. The molecule has 41 heavy (non-hydrogen) atoms. The second kappa shape index (κ2) is 9.77. The molecule has 0 radical (unpaired) electrons. The van der Waals surface area contributed by atoms with Crippen LogP contribution in [-0.4, -0.2) is 82.6 Å². The Labute approximate surface area is 245 Å². The molecule has 6 N–H and O–H groups in total. The van der Waals surface area contributed by atoms with Crippen molar-refractivity contribution in [2.24, 2.45) is 17.6 Å². The number of allylic oxidation sites excluding steroid dienone is 1. The first kappa shape index (κ1) is 28.9. The smallest absolute Gasteiger partial charge is 0.255 e. The summed E-state index contributed by atoms with van der Waals surface area (Å²) in [6, 6.07) is 5.43. The molecule has 0 saturated carbocycles. The number of likely N-dealkylation sites (N-methyl/N-ethyl adjacent to an activating group) is 1. The molecule has 2 aromatic carbocycles. The highest BCUT2D eigenvalue weighted by Gasteiger charge is 2.63. The van der Waals surface area contributed by atoms with Crippen LogP contribution in [0, 0.1) is 11.8 Å². The minimum atomic E-state index is -2.70. The molecule has 0 heterocycles. The number of carbonyl (C=O) groups excluding carboxylic acids is 3. The van der Waals surface area contributed by atoms with Gasteiger partial charge >= 0.3 is 0 Å². The third-order valence-electron chi connectivity index (χ3n) is 8.41. The Morgan fingerprint density at radius 2 is 1.71 bits per heavy atom. The van der Waals surface area contributed by atoms with Crippen molar-refractivity contribution in [3.63, 3.8) is 0 Å². The van der Waals surface area contributed by atoms with E-state index in [1.165, 1.54) is 4.90 Å². The van der Waals surface area contributed by atoms with Gasteiger partial charge in [-0.25, -0.2) is 0 Å². The summed E-state index contributed by atoms with van der Waals surface area (Å²) in [5.41, 5.74) is 3.46. The predicted molar refractivity (Wildman–Crippen MR) is 153 cm³/mol. The van der Waals surface area contributed by atoms with Crippen LogP contribution < -0.4 is 10.6 Å². The number of rotatable bonds is 4. The number of anilines is 1. The van der Waals surface area contributed by atoms with Crippen LogP contribution >= 0.6 is 23.2 Å². The van der Waals surface area contributed by atoms with Crippen molar-refractivity contribution in [2.45, 2.75) is 24.5 Å². The zero-order chi connectivity index (χ0) is 30.3. The second-order valence-electron chi connectivity index (χ2n) is 11.1. The maximum Gasteiger partial charge on any atom is 0.255 e. The van der Waals surface area contributed by atoms with Crippen molar-refractivity contribution in [1.29, 1.82) is 0 Å². The molecule has 3 aliphatic carbocycles. The number of carbonyl (C=O) groups is 3. The van der Waals surface area contributed by atoms with Crippen molar-refractivity contribution in [1.82, 2.24) is 4.90 Å². The minimum absolute atomic E-state index is 0.00787. The number of nitrogens with two attached hydrogens (primary N) is 1. The summed E-state index contributed by atoms with van der Waals surface area (Å²) in [6.45, 7) is 0. The van der Waals surface area contributed by atoms with E-state index in [0.29, 0.717) is 21.8 Å².